The largest absolute Gasteiger partial charge is 0.367 e. The SMILES string of the molecule is CCC(CC)C(CNc1ccc2nnnn2n1)N1CCCC1. The summed E-state index contributed by atoms with van der Waals surface area (Å²) >= 11 is 0. The number of likely N-dealkylation sites (tertiary alicyclic amines) is 1. The van der Waals surface area contributed by atoms with Crippen molar-refractivity contribution < 1.29 is 0 Å². The highest BCUT2D eigenvalue weighted by molar-refractivity contribution is 5.42. The summed E-state index contributed by atoms with van der Waals surface area (Å²) in [6.07, 6.45) is 5.09. The normalized spacial score (nSPS) is 17.4. The summed E-state index contributed by atoms with van der Waals surface area (Å²) in [4.78, 5) is 2.64. The molecule has 1 N–H and O–H groups in total. The smallest absolute Gasteiger partial charge is 0.200 e. The molecule has 1 aliphatic heterocycles. The molecule has 2 aromatic rings. The summed E-state index contributed by atoms with van der Waals surface area (Å²) in [5.41, 5.74) is 0.668. The lowest BCUT2D eigenvalue weighted by atomic mass is 9.93. The van der Waals surface area contributed by atoms with Crippen LogP contribution in [-0.4, -0.2) is 55.8 Å². The Balaban J connectivity index is 1.69. The molecule has 0 aromatic carbocycles. The van der Waals surface area contributed by atoms with Crippen LogP contribution in [-0.2, 0) is 0 Å². The quantitative estimate of drug-likeness (QED) is 0.841. The summed E-state index contributed by atoms with van der Waals surface area (Å²) in [5, 5.41) is 19.2. The first-order valence-corrected chi connectivity index (χ1v) is 8.35. The van der Waals surface area contributed by atoms with Gasteiger partial charge in [-0.05, 0) is 54.4 Å². The molecule has 0 saturated carbocycles. The van der Waals surface area contributed by atoms with E-state index in [0.717, 1.165) is 18.3 Å². The highest BCUT2D eigenvalue weighted by Crippen LogP contribution is 2.23. The number of aromatic nitrogens is 5. The number of anilines is 1. The first-order valence-electron chi connectivity index (χ1n) is 8.35. The summed E-state index contributed by atoms with van der Waals surface area (Å²) in [7, 11) is 0. The van der Waals surface area contributed by atoms with Gasteiger partial charge in [0.15, 0.2) is 5.65 Å². The van der Waals surface area contributed by atoms with Gasteiger partial charge in [0.2, 0.25) is 0 Å². The van der Waals surface area contributed by atoms with Gasteiger partial charge < -0.3 is 5.32 Å². The zero-order valence-electron chi connectivity index (χ0n) is 13.4. The summed E-state index contributed by atoms with van der Waals surface area (Å²) in [6, 6.07) is 4.40. The number of fused-ring (bicyclic) bond motifs is 1. The second kappa shape index (κ2) is 7.00. The second-order valence-electron chi connectivity index (χ2n) is 6.01. The van der Waals surface area contributed by atoms with Crippen LogP contribution in [0.5, 0.6) is 0 Å². The van der Waals surface area contributed by atoms with Gasteiger partial charge in [0, 0.05) is 12.6 Å². The van der Waals surface area contributed by atoms with E-state index in [0.29, 0.717) is 11.7 Å². The zero-order chi connectivity index (χ0) is 15.4. The molecule has 1 saturated heterocycles. The topological polar surface area (TPSA) is 71.2 Å². The zero-order valence-corrected chi connectivity index (χ0v) is 13.4. The fourth-order valence-electron chi connectivity index (χ4n) is 3.45. The number of nitrogens with one attached hydrogen (secondary N) is 1. The Morgan fingerprint density at radius 3 is 2.68 bits per heavy atom. The van der Waals surface area contributed by atoms with Crippen molar-refractivity contribution in [2.24, 2.45) is 5.92 Å². The molecule has 0 radical (unpaired) electrons. The number of hydrogen-bond acceptors (Lipinski definition) is 6. The maximum atomic E-state index is 4.40. The van der Waals surface area contributed by atoms with Gasteiger partial charge in [-0.2, -0.15) is 0 Å². The van der Waals surface area contributed by atoms with Gasteiger partial charge in [-0.15, -0.1) is 14.8 Å². The Hall–Kier alpha value is -1.76. The molecule has 7 nitrogen and oxygen atoms in total. The third-order valence-corrected chi connectivity index (χ3v) is 4.76. The van der Waals surface area contributed by atoms with Crippen molar-refractivity contribution in [2.75, 3.05) is 25.0 Å². The first-order chi connectivity index (χ1) is 10.8. The van der Waals surface area contributed by atoms with Gasteiger partial charge in [-0.1, -0.05) is 26.7 Å². The lowest BCUT2D eigenvalue weighted by Crippen LogP contribution is -2.43. The van der Waals surface area contributed by atoms with Crippen LogP contribution in [0.3, 0.4) is 0 Å². The van der Waals surface area contributed by atoms with Crippen LogP contribution < -0.4 is 5.32 Å². The van der Waals surface area contributed by atoms with E-state index in [4.69, 9.17) is 0 Å². The molecule has 120 valence electrons. The van der Waals surface area contributed by atoms with Crippen LogP contribution in [0, 0.1) is 5.92 Å². The summed E-state index contributed by atoms with van der Waals surface area (Å²) in [6.45, 7) is 7.96. The highest BCUT2D eigenvalue weighted by Gasteiger charge is 2.27. The molecule has 7 heteroatoms. The van der Waals surface area contributed by atoms with Gasteiger partial charge in [0.05, 0.1) is 0 Å². The Morgan fingerprint density at radius 2 is 1.95 bits per heavy atom. The molecule has 1 atom stereocenters. The van der Waals surface area contributed by atoms with Crippen molar-refractivity contribution in [3.63, 3.8) is 0 Å². The Morgan fingerprint density at radius 1 is 1.18 bits per heavy atom. The van der Waals surface area contributed by atoms with E-state index in [1.165, 1.54) is 43.4 Å². The molecule has 1 fully saturated rings. The van der Waals surface area contributed by atoms with E-state index in [-0.39, 0.29) is 0 Å². The van der Waals surface area contributed by atoms with Crippen molar-refractivity contribution in [3.8, 4) is 0 Å². The molecule has 1 unspecified atom stereocenters. The van der Waals surface area contributed by atoms with Crippen LogP contribution in [0.4, 0.5) is 5.82 Å². The van der Waals surface area contributed by atoms with Gasteiger partial charge in [-0.25, -0.2) is 0 Å². The molecular weight excluding hydrogens is 278 g/mol. The highest BCUT2D eigenvalue weighted by atomic mass is 15.6. The molecule has 0 amide bonds. The molecule has 0 aliphatic carbocycles. The molecule has 3 heterocycles. The Bertz CT molecular complexity index is 584. The van der Waals surface area contributed by atoms with E-state index < -0.39 is 0 Å². The van der Waals surface area contributed by atoms with Crippen LogP contribution in [0.1, 0.15) is 39.5 Å². The average Bonchev–Trinajstić information content (AvgIpc) is 3.22. The summed E-state index contributed by atoms with van der Waals surface area (Å²) in [5.74, 6) is 1.55. The van der Waals surface area contributed by atoms with Gasteiger partial charge in [0.25, 0.3) is 0 Å². The lowest BCUT2D eigenvalue weighted by Gasteiger charge is -2.34. The van der Waals surface area contributed by atoms with Crippen molar-refractivity contribution in [1.82, 2.24) is 30.2 Å². The Labute approximate surface area is 131 Å². The van der Waals surface area contributed by atoms with Gasteiger partial charge in [-0.3, -0.25) is 4.90 Å². The van der Waals surface area contributed by atoms with Gasteiger partial charge in [0.1, 0.15) is 5.82 Å². The minimum atomic E-state index is 0.573. The Kier molecular flexibility index (Phi) is 4.82. The van der Waals surface area contributed by atoms with E-state index in [9.17, 15) is 0 Å². The van der Waals surface area contributed by atoms with Crippen molar-refractivity contribution >= 4 is 11.5 Å². The van der Waals surface area contributed by atoms with Crippen molar-refractivity contribution in [1.29, 1.82) is 0 Å². The third kappa shape index (κ3) is 3.19. The number of tetrazole rings is 1. The van der Waals surface area contributed by atoms with E-state index in [1.807, 2.05) is 12.1 Å². The third-order valence-electron chi connectivity index (χ3n) is 4.76. The molecule has 1 aliphatic rings. The molecule has 3 rings (SSSR count). The molecular formula is C15H25N7. The second-order valence-corrected chi connectivity index (χ2v) is 6.01. The molecule has 22 heavy (non-hydrogen) atoms. The first kappa shape index (κ1) is 15.1. The van der Waals surface area contributed by atoms with Crippen molar-refractivity contribution in [3.05, 3.63) is 12.1 Å². The fourth-order valence-corrected chi connectivity index (χ4v) is 3.45. The van der Waals surface area contributed by atoms with E-state index >= 15 is 0 Å². The molecule has 0 bridgehead atoms. The van der Waals surface area contributed by atoms with Crippen LogP contribution >= 0.6 is 0 Å². The number of rotatable bonds is 7. The maximum Gasteiger partial charge on any atom is 0.200 e. The average molecular weight is 303 g/mol. The molecule has 2 aromatic heterocycles. The van der Waals surface area contributed by atoms with Crippen molar-refractivity contribution in [2.45, 2.75) is 45.6 Å². The summed E-state index contributed by atoms with van der Waals surface area (Å²) < 4.78 is 1.46. The fraction of sp³-hybridized carbons (Fsp3) is 0.733. The van der Waals surface area contributed by atoms with Crippen LogP contribution in [0.25, 0.3) is 5.65 Å². The predicted molar refractivity (Wildman–Crippen MR) is 85.7 cm³/mol. The van der Waals surface area contributed by atoms with E-state index in [2.05, 4.69) is 44.7 Å². The monoisotopic (exact) mass is 303 g/mol. The predicted octanol–water partition coefficient (Wildman–Crippen LogP) is 1.83. The lowest BCUT2D eigenvalue weighted by molar-refractivity contribution is 0.175. The standard InChI is InChI=1S/C15H25N7/c1-3-12(4-2)13(21-9-5-6-10-21)11-16-14-7-8-15-17-19-20-22(15)18-14/h7-8,12-13H,3-6,9-11H2,1-2H3,(H,16,18). The number of nitrogens with zero attached hydrogens (tertiary/aromatic N) is 6. The maximum absolute atomic E-state index is 4.40. The van der Waals surface area contributed by atoms with E-state index in [1.54, 1.807) is 0 Å². The minimum absolute atomic E-state index is 0.573. The number of hydrogen-bond donors (Lipinski definition) is 1. The van der Waals surface area contributed by atoms with Crippen LogP contribution in [0.2, 0.25) is 0 Å². The minimum Gasteiger partial charge on any atom is -0.367 e. The van der Waals surface area contributed by atoms with Gasteiger partial charge >= 0.3 is 0 Å². The van der Waals surface area contributed by atoms with Crippen LogP contribution in [0.15, 0.2) is 12.1 Å². The molecule has 0 spiro atoms.